The van der Waals surface area contributed by atoms with Crippen molar-refractivity contribution in [1.29, 1.82) is 0 Å². The summed E-state index contributed by atoms with van der Waals surface area (Å²) >= 11 is 1.15. The van der Waals surface area contributed by atoms with E-state index < -0.39 is 0 Å². The van der Waals surface area contributed by atoms with Crippen LogP contribution in [0.1, 0.15) is 31.3 Å². The molecular formula is C15H8N2O3S. The average Bonchev–Trinajstić information content (AvgIpc) is 3.11. The second-order valence-electron chi connectivity index (χ2n) is 4.60. The second-order valence-corrected chi connectivity index (χ2v) is 5.60. The zero-order valence-corrected chi connectivity index (χ0v) is 11.4. The number of nitrogens with zero attached hydrogens (tertiary/aromatic N) is 1. The molecule has 0 fully saturated rings. The van der Waals surface area contributed by atoms with Gasteiger partial charge in [-0.25, -0.2) is 4.98 Å². The monoisotopic (exact) mass is 296 g/mol. The number of fused-ring (bicyclic) bond motifs is 2. The highest BCUT2D eigenvalue weighted by molar-refractivity contribution is 7.17. The van der Waals surface area contributed by atoms with Crippen LogP contribution in [-0.4, -0.2) is 16.6 Å². The van der Waals surface area contributed by atoms with Gasteiger partial charge in [0, 0.05) is 17.2 Å². The molecule has 0 aliphatic heterocycles. The van der Waals surface area contributed by atoms with E-state index in [1.165, 1.54) is 0 Å². The number of benzene rings is 1. The minimum Gasteiger partial charge on any atom is -0.438 e. The maximum Gasteiger partial charge on any atom is 0.213 e. The molecule has 5 nitrogen and oxygen atoms in total. The number of ketones is 2. The van der Waals surface area contributed by atoms with Crippen LogP contribution in [0.3, 0.4) is 0 Å². The molecule has 0 amide bonds. The molecule has 2 heterocycles. The van der Waals surface area contributed by atoms with Crippen LogP contribution >= 0.6 is 11.3 Å². The first-order valence-corrected chi connectivity index (χ1v) is 7.02. The highest BCUT2D eigenvalue weighted by atomic mass is 32.1. The number of nitrogen functional groups attached to an aromatic ring is 1. The maximum atomic E-state index is 12.5. The fourth-order valence-electron chi connectivity index (χ4n) is 2.33. The molecule has 102 valence electrons. The molecule has 0 saturated heterocycles. The summed E-state index contributed by atoms with van der Waals surface area (Å²) in [6.45, 7) is 0. The average molecular weight is 296 g/mol. The lowest BCUT2D eigenvalue weighted by atomic mass is 9.91. The van der Waals surface area contributed by atoms with Gasteiger partial charge < -0.3 is 10.2 Å². The number of aromatic nitrogens is 1. The Labute approximate surface area is 123 Å². The Morgan fingerprint density at radius 1 is 1.00 bits per heavy atom. The van der Waals surface area contributed by atoms with Crippen molar-refractivity contribution < 1.29 is 14.0 Å². The molecule has 0 spiro atoms. The minimum atomic E-state index is -0.234. The van der Waals surface area contributed by atoms with Crippen LogP contribution in [0.5, 0.6) is 0 Å². The van der Waals surface area contributed by atoms with Gasteiger partial charge in [0.05, 0.1) is 0 Å². The fourth-order valence-corrected chi connectivity index (χ4v) is 3.31. The van der Waals surface area contributed by atoms with E-state index in [0.29, 0.717) is 26.8 Å². The number of hydrogen-bond acceptors (Lipinski definition) is 6. The summed E-state index contributed by atoms with van der Waals surface area (Å²) in [4.78, 5) is 29.5. The molecule has 2 aromatic heterocycles. The van der Waals surface area contributed by atoms with E-state index in [9.17, 15) is 9.59 Å². The van der Waals surface area contributed by atoms with Gasteiger partial charge in [-0.1, -0.05) is 24.3 Å². The molecule has 0 atom stereocenters. The van der Waals surface area contributed by atoms with Gasteiger partial charge in [-0.15, -0.1) is 11.3 Å². The van der Waals surface area contributed by atoms with Crippen molar-refractivity contribution in [3.63, 3.8) is 0 Å². The maximum absolute atomic E-state index is 12.5. The summed E-state index contributed by atoms with van der Waals surface area (Å²) < 4.78 is 5.30. The predicted molar refractivity (Wildman–Crippen MR) is 77.5 cm³/mol. The first-order chi connectivity index (χ1) is 10.1. The van der Waals surface area contributed by atoms with Gasteiger partial charge >= 0.3 is 0 Å². The van der Waals surface area contributed by atoms with Crippen LogP contribution in [0, 0.1) is 0 Å². The summed E-state index contributed by atoms with van der Waals surface area (Å²) in [7, 11) is 0. The largest absolute Gasteiger partial charge is 0.438 e. The Kier molecular flexibility index (Phi) is 2.37. The zero-order valence-electron chi connectivity index (χ0n) is 10.6. The Morgan fingerprint density at radius 2 is 1.71 bits per heavy atom. The molecular weight excluding hydrogens is 288 g/mol. The topological polar surface area (TPSA) is 86.2 Å². The van der Waals surface area contributed by atoms with E-state index in [4.69, 9.17) is 10.2 Å². The van der Waals surface area contributed by atoms with E-state index in [2.05, 4.69) is 4.98 Å². The van der Waals surface area contributed by atoms with Gasteiger partial charge in [0.2, 0.25) is 11.6 Å². The van der Waals surface area contributed by atoms with Crippen molar-refractivity contribution in [3.8, 4) is 10.8 Å². The summed E-state index contributed by atoms with van der Waals surface area (Å²) in [5, 5.41) is 0.478. The molecule has 2 N–H and O–H groups in total. The van der Waals surface area contributed by atoms with Gasteiger partial charge in [-0.3, -0.25) is 9.59 Å². The molecule has 0 saturated carbocycles. The highest BCUT2D eigenvalue weighted by Gasteiger charge is 2.33. The summed E-state index contributed by atoms with van der Waals surface area (Å²) in [6.07, 6.45) is 0. The normalized spacial score (nSPS) is 13.1. The Morgan fingerprint density at radius 3 is 2.38 bits per heavy atom. The van der Waals surface area contributed by atoms with E-state index in [-0.39, 0.29) is 23.1 Å². The van der Waals surface area contributed by atoms with Gasteiger partial charge in [-0.2, -0.15) is 0 Å². The third-order valence-corrected chi connectivity index (χ3v) is 4.37. The number of carbonyl (C=O) groups excluding carboxylic acids is 2. The van der Waals surface area contributed by atoms with Gasteiger partial charge in [0.25, 0.3) is 0 Å². The number of anilines is 1. The molecule has 6 heteroatoms. The molecule has 1 aliphatic rings. The minimum absolute atomic E-state index is 0.177. The summed E-state index contributed by atoms with van der Waals surface area (Å²) in [5.41, 5.74) is 6.54. The van der Waals surface area contributed by atoms with E-state index in [1.807, 2.05) is 0 Å². The Balaban J connectivity index is 1.91. The molecule has 21 heavy (non-hydrogen) atoms. The highest BCUT2D eigenvalue weighted by Crippen LogP contribution is 2.35. The molecule has 4 rings (SSSR count). The van der Waals surface area contributed by atoms with Crippen molar-refractivity contribution in [2.24, 2.45) is 0 Å². The van der Waals surface area contributed by atoms with E-state index in [0.717, 1.165) is 11.3 Å². The van der Waals surface area contributed by atoms with Crippen LogP contribution in [0.15, 0.2) is 40.8 Å². The third kappa shape index (κ3) is 1.66. The number of hydrogen-bond donors (Lipinski definition) is 1. The van der Waals surface area contributed by atoms with Crippen molar-refractivity contribution in [2.45, 2.75) is 0 Å². The van der Waals surface area contributed by atoms with Crippen molar-refractivity contribution in [1.82, 2.24) is 4.98 Å². The number of thiazole rings is 1. The smallest absolute Gasteiger partial charge is 0.213 e. The number of carbonyl (C=O) groups is 2. The summed E-state index contributed by atoms with van der Waals surface area (Å²) in [5.74, 6) is 0.307. The van der Waals surface area contributed by atoms with Crippen molar-refractivity contribution >= 4 is 28.8 Å². The van der Waals surface area contributed by atoms with Crippen molar-refractivity contribution in [2.75, 3.05) is 5.73 Å². The molecule has 3 aromatic rings. The van der Waals surface area contributed by atoms with Crippen LogP contribution in [0.4, 0.5) is 5.88 Å². The quantitative estimate of drug-likeness (QED) is 0.583. The Hall–Kier alpha value is -2.73. The first kappa shape index (κ1) is 12.0. The zero-order chi connectivity index (χ0) is 14.6. The van der Waals surface area contributed by atoms with E-state index >= 15 is 0 Å². The molecule has 0 unspecified atom stereocenters. The lowest BCUT2D eigenvalue weighted by Gasteiger charge is -2.11. The molecule has 1 aromatic carbocycles. The van der Waals surface area contributed by atoms with Gasteiger partial charge in [-0.05, 0) is 6.07 Å². The SMILES string of the molecule is Nc1ccc(-c2nc3c(s2)C(=O)c2ccccc2C3=O)o1. The van der Waals surface area contributed by atoms with Crippen molar-refractivity contribution in [3.05, 3.63) is 58.1 Å². The van der Waals surface area contributed by atoms with Crippen LogP contribution in [0.25, 0.3) is 10.8 Å². The van der Waals surface area contributed by atoms with Gasteiger partial charge in [0.1, 0.15) is 10.6 Å². The molecule has 1 aliphatic carbocycles. The number of nitrogens with two attached hydrogens (primary N) is 1. The molecule has 0 radical (unpaired) electrons. The van der Waals surface area contributed by atoms with Gasteiger partial charge in [0.15, 0.2) is 16.7 Å². The van der Waals surface area contributed by atoms with Crippen LogP contribution < -0.4 is 5.73 Å². The predicted octanol–water partition coefficient (Wildman–Crippen LogP) is 2.76. The van der Waals surface area contributed by atoms with Crippen LogP contribution in [0.2, 0.25) is 0 Å². The second kappa shape index (κ2) is 4.13. The summed E-state index contributed by atoms with van der Waals surface area (Å²) in [6, 6.07) is 10.0. The van der Waals surface area contributed by atoms with Crippen LogP contribution in [-0.2, 0) is 0 Å². The number of furan rings is 1. The first-order valence-electron chi connectivity index (χ1n) is 6.20. The standard InChI is InChI=1S/C15H8N2O3S/c16-10-6-5-9(20-10)15-17-11-12(18)7-3-1-2-4-8(7)13(19)14(11)21-15/h1-6H,16H2. The lowest BCUT2D eigenvalue weighted by molar-refractivity contribution is 0.0979. The molecule has 0 bridgehead atoms. The van der Waals surface area contributed by atoms with E-state index in [1.54, 1.807) is 36.4 Å². The number of rotatable bonds is 1. The Bertz CT molecular complexity index is 855. The lowest BCUT2D eigenvalue weighted by Crippen LogP contribution is -2.19. The fraction of sp³-hybridized carbons (Fsp3) is 0. The third-order valence-electron chi connectivity index (χ3n) is 3.30.